The summed E-state index contributed by atoms with van der Waals surface area (Å²) >= 11 is 6.19. The number of nitrogens with zero attached hydrogens (tertiary/aromatic N) is 4. The van der Waals surface area contributed by atoms with Crippen LogP contribution in [0.3, 0.4) is 0 Å². The van der Waals surface area contributed by atoms with Gasteiger partial charge in [-0.25, -0.2) is 10.6 Å². The lowest BCUT2D eigenvalue weighted by Gasteiger charge is -2.17. The summed E-state index contributed by atoms with van der Waals surface area (Å²) in [5, 5.41) is 1.85. The normalized spacial score (nSPS) is 10.6. The molecule has 1 heterocycles. The molecule has 0 radical (unpaired) electrons. The molecule has 2 aromatic rings. The fourth-order valence-electron chi connectivity index (χ4n) is 1.82. The van der Waals surface area contributed by atoms with Crippen LogP contribution in [0.5, 0.6) is 0 Å². The highest BCUT2D eigenvalue weighted by atomic mass is 35.5. The van der Waals surface area contributed by atoms with Gasteiger partial charge in [0.15, 0.2) is 0 Å². The molecule has 0 unspecified atom stereocenters. The minimum Gasteiger partial charge on any atom is -0.279 e. The predicted octanol–water partition coefficient (Wildman–Crippen LogP) is 1.68. The minimum absolute atomic E-state index is 0.192. The molecule has 0 aliphatic heterocycles. The summed E-state index contributed by atoms with van der Waals surface area (Å²) < 4.78 is 1.47. The first-order chi connectivity index (χ1) is 9.58. The highest BCUT2D eigenvalue weighted by Gasteiger charge is 2.15. The van der Waals surface area contributed by atoms with Gasteiger partial charge >= 0.3 is 5.69 Å². The first-order valence-electron chi connectivity index (χ1n) is 6.34. The fraction of sp³-hybridized carbons (Fsp3) is 0.308. The predicted molar refractivity (Wildman–Crippen MR) is 79.6 cm³/mol. The largest absolute Gasteiger partial charge is 0.352 e. The first kappa shape index (κ1) is 14.5. The van der Waals surface area contributed by atoms with Gasteiger partial charge in [-0.3, -0.25) is 9.58 Å². The molecule has 1 aromatic carbocycles. The molecule has 106 valence electrons. The minimum atomic E-state index is -0.392. The van der Waals surface area contributed by atoms with Gasteiger partial charge in [0.1, 0.15) is 5.82 Å². The molecular formula is C13H16ClN5O. The monoisotopic (exact) mass is 293 g/mol. The van der Waals surface area contributed by atoms with Crippen molar-refractivity contribution in [2.45, 2.75) is 20.4 Å². The van der Waals surface area contributed by atoms with Gasteiger partial charge < -0.3 is 0 Å². The number of nitrogens with two attached hydrogens (primary N) is 1. The second-order valence-corrected chi connectivity index (χ2v) is 4.55. The van der Waals surface area contributed by atoms with E-state index in [1.165, 1.54) is 9.58 Å². The van der Waals surface area contributed by atoms with Gasteiger partial charge in [0.25, 0.3) is 0 Å². The van der Waals surface area contributed by atoms with E-state index in [9.17, 15) is 4.79 Å². The Balaban J connectivity index is 2.70. The van der Waals surface area contributed by atoms with Crippen LogP contribution in [0.4, 0.5) is 5.95 Å². The van der Waals surface area contributed by atoms with Gasteiger partial charge in [0.05, 0.1) is 5.02 Å². The molecule has 0 fully saturated rings. The van der Waals surface area contributed by atoms with Crippen molar-refractivity contribution in [1.82, 2.24) is 14.5 Å². The number of hydrogen-bond donors (Lipinski definition) is 1. The van der Waals surface area contributed by atoms with Crippen molar-refractivity contribution in [3.8, 4) is 11.4 Å². The average Bonchev–Trinajstić information content (AvgIpc) is 2.46. The van der Waals surface area contributed by atoms with Crippen molar-refractivity contribution in [3.05, 3.63) is 39.8 Å². The molecule has 2 N–H and O–H groups in total. The van der Waals surface area contributed by atoms with Crippen LogP contribution in [0.2, 0.25) is 5.02 Å². The molecule has 0 aliphatic rings. The van der Waals surface area contributed by atoms with E-state index >= 15 is 0 Å². The van der Waals surface area contributed by atoms with E-state index in [1.807, 2.05) is 32.0 Å². The Morgan fingerprint density at radius 3 is 2.60 bits per heavy atom. The molecule has 7 heteroatoms. The van der Waals surface area contributed by atoms with E-state index < -0.39 is 5.69 Å². The number of anilines is 1. The van der Waals surface area contributed by atoms with Crippen molar-refractivity contribution >= 4 is 17.5 Å². The zero-order chi connectivity index (χ0) is 14.7. The fourth-order valence-corrected chi connectivity index (χ4v) is 2.04. The maximum Gasteiger partial charge on any atom is 0.352 e. The summed E-state index contributed by atoms with van der Waals surface area (Å²) in [4.78, 5) is 20.3. The quantitative estimate of drug-likeness (QED) is 0.685. The number of rotatable bonds is 4. The number of hydrogen-bond acceptors (Lipinski definition) is 5. The Bertz CT molecular complexity index is 670. The van der Waals surface area contributed by atoms with Gasteiger partial charge in [0, 0.05) is 18.7 Å². The van der Waals surface area contributed by atoms with Crippen LogP contribution in [0.1, 0.15) is 13.8 Å². The lowest BCUT2D eigenvalue weighted by atomic mass is 10.2. The zero-order valence-electron chi connectivity index (χ0n) is 11.4. The van der Waals surface area contributed by atoms with Crippen molar-refractivity contribution in [3.63, 3.8) is 0 Å². The molecule has 0 spiro atoms. The summed E-state index contributed by atoms with van der Waals surface area (Å²) in [6.07, 6.45) is 0. The lowest BCUT2D eigenvalue weighted by Crippen LogP contribution is -2.36. The van der Waals surface area contributed by atoms with E-state index in [0.29, 0.717) is 29.5 Å². The number of halogens is 1. The van der Waals surface area contributed by atoms with Crippen molar-refractivity contribution < 1.29 is 0 Å². The SMILES string of the molecule is CCN(N)c1nc(-c2ccccc2Cl)n(CC)c(=O)n1. The molecule has 0 amide bonds. The van der Waals surface area contributed by atoms with Crippen LogP contribution in [0, 0.1) is 0 Å². The van der Waals surface area contributed by atoms with Crippen LogP contribution >= 0.6 is 11.6 Å². The topological polar surface area (TPSA) is 77.0 Å². The maximum atomic E-state index is 12.1. The van der Waals surface area contributed by atoms with Gasteiger partial charge in [-0.1, -0.05) is 23.7 Å². The average molecular weight is 294 g/mol. The summed E-state index contributed by atoms with van der Waals surface area (Å²) in [5.74, 6) is 6.43. The third kappa shape index (κ3) is 2.66. The van der Waals surface area contributed by atoms with E-state index in [1.54, 1.807) is 6.07 Å². The highest BCUT2D eigenvalue weighted by Crippen LogP contribution is 2.25. The third-order valence-electron chi connectivity index (χ3n) is 2.92. The zero-order valence-corrected chi connectivity index (χ0v) is 12.1. The van der Waals surface area contributed by atoms with E-state index in [4.69, 9.17) is 17.4 Å². The Kier molecular flexibility index (Phi) is 4.36. The molecule has 0 aliphatic carbocycles. The molecule has 0 atom stereocenters. The third-order valence-corrected chi connectivity index (χ3v) is 3.25. The standard InChI is InChI=1S/C13H16ClN5O/c1-3-18-11(9-7-5-6-8-10(9)14)16-12(17-13(18)20)19(15)4-2/h5-8H,3-4,15H2,1-2H3. The van der Waals surface area contributed by atoms with Crippen LogP contribution in [0.15, 0.2) is 29.1 Å². The van der Waals surface area contributed by atoms with Gasteiger partial charge in [-0.2, -0.15) is 9.97 Å². The molecule has 0 saturated heterocycles. The molecule has 20 heavy (non-hydrogen) atoms. The summed E-state index contributed by atoms with van der Waals surface area (Å²) in [7, 11) is 0. The molecular weight excluding hydrogens is 278 g/mol. The lowest BCUT2D eigenvalue weighted by molar-refractivity contribution is 0.674. The van der Waals surface area contributed by atoms with E-state index in [2.05, 4.69) is 9.97 Å². The van der Waals surface area contributed by atoms with Crippen LogP contribution in [0.25, 0.3) is 11.4 Å². The number of aromatic nitrogens is 3. The van der Waals surface area contributed by atoms with Gasteiger partial charge in [-0.15, -0.1) is 0 Å². The molecule has 6 nitrogen and oxygen atoms in total. The van der Waals surface area contributed by atoms with Crippen molar-refractivity contribution in [2.75, 3.05) is 11.6 Å². The van der Waals surface area contributed by atoms with E-state index in [-0.39, 0.29) is 5.95 Å². The van der Waals surface area contributed by atoms with Gasteiger partial charge in [-0.05, 0) is 26.0 Å². The maximum absolute atomic E-state index is 12.1. The molecule has 1 aromatic heterocycles. The second kappa shape index (κ2) is 6.02. The van der Waals surface area contributed by atoms with Crippen LogP contribution in [-0.2, 0) is 6.54 Å². The van der Waals surface area contributed by atoms with Gasteiger partial charge in [0.2, 0.25) is 5.95 Å². The van der Waals surface area contributed by atoms with Crippen LogP contribution in [-0.4, -0.2) is 21.1 Å². The number of benzene rings is 1. The molecule has 2 rings (SSSR count). The van der Waals surface area contributed by atoms with Crippen molar-refractivity contribution in [1.29, 1.82) is 0 Å². The summed E-state index contributed by atoms with van der Waals surface area (Å²) in [6.45, 7) is 4.66. The Morgan fingerprint density at radius 2 is 2.00 bits per heavy atom. The Labute approximate surface area is 121 Å². The summed E-state index contributed by atoms with van der Waals surface area (Å²) in [5.41, 5.74) is 0.289. The first-order valence-corrected chi connectivity index (χ1v) is 6.72. The van der Waals surface area contributed by atoms with E-state index in [0.717, 1.165) is 0 Å². The smallest absolute Gasteiger partial charge is 0.279 e. The number of hydrazine groups is 1. The van der Waals surface area contributed by atoms with Crippen molar-refractivity contribution in [2.24, 2.45) is 5.84 Å². The van der Waals surface area contributed by atoms with Crippen LogP contribution < -0.4 is 16.5 Å². The highest BCUT2D eigenvalue weighted by molar-refractivity contribution is 6.33. The summed E-state index contributed by atoms with van der Waals surface area (Å²) in [6, 6.07) is 7.23. The second-order valence-electron chi connectivity index (χ2n) is 4.14. The Hall–Kier alpha value is -1.92. The molecule has 0 bridgehead atoms. The molecule has 0 saturated carbocycles. The Morgan fingerprint density at radius 1 is 1.30 bits per heavy atom.